The lowest BCUT2D eigenvalue weighted by atomic mass is 9.98. The summed E-state index contributed by atoms with van der Waals surface area (Å²) in [6.45, 7) is 0.281. The molecule has 0 aromatic heterocycles. The van der Waals surface area contributed by atoms with Crippen LogP contribution in [-0.2, 0) is 6.42 Å². The summed E-state index contributed by atoms with van der Waals surface area (Å²) in [7, 11) is 4.78. The lowest BCUT2D eigenvalue weighted by Crippen LogP contribution is -2.12. The van der Waals surface area contributed by atoms with E-state index >= 15 is 0 Å². The first-order valence-corrected chi connectivity index (χ1v) is 8.10. The summed E-state index contributed by atoms with van der Waals surface area (Å²) in [5, 5.41) is 0. The van der Waals surface area contributed by atoms with E-state index in [-0.39, 0.29) is 12.8 Å². The maximum absolute atomic E-state index is 6.39. The first-order valence-electron chi connectivity index (χ1n) is 8.10. The molecule has 0 bridgehead atoms. The third kappa shape index (κ3) is 3.58. The molecule has 0 fully saturated rings. The van der Waals surface area contributed by atoms with Crippen LogP contribution >= 0.6 is 0 Å². The molecule has 1 aliphatic heterocycles. The van der Waals surface area contributed by atoms with Crippen LogP contribution in [0.3, 0.4) is 0 Å². The number of nitrogens with two attached hydrogens (primary N) is 1. The lowest BCUT2D eigenvalue weighted by molar-refractivity contribution is 0.174. The van der Waals surface area contributed by atoms with Crippen molar-refractivity contribution in [3.8, 4) is 28.7 Å². The van der Waals surface area contributed by atoms with Crippen molar-refractivity contribution in [2.75, 3.05) is 28.1 Å². The quantitative estimate of drug-likeness (QED) is 0.831. The van der Waals surface area contributed by atoms with E-state index in [0.717, 1.165) is 35.5 Å². The molecule has 6 nitrogen and oxygen atoms in total. The van der Waals surface area contributed by atoms with Crippen LogP contribution in [0.25, 0.3) is 0 Å². The molecule has 0 unspecified atom stereocenters. The van der Waals surface area contributed by atoms with Crippen LogP contribution in [0.15, 0.2) is 30.3 Å². The average Bonchev–Trinajstić information content (AvgIpc) is 3.12. The molecule has 134 valence electrons. The molecule has 2 N–H and O–H groups in total. The number of fused-ring (bicyclic) bond motifs is 1. The Labute approximate surface area is 147 Å². The molecule has 2 aromatic rings. The summed E-state index contributed by atoms with van der Waals surface area (Å²) < 4.78 is 26.9. The Kier molecular flexibility index (Phi) is 5.19. The van der Waals surface area contributed by atoms with Crippen molar-refractivity contribution >= 4 is 0 Å². The number of methoxy groups -OCH3 is 3. The first-order chi connectivity index (χ1) is 12.2. The molecule has 0 aliphatic carbocycles. The lowest BCUT2D eigenvalue weighted by Gasteiger charge is -2.18. The van der Waals surface area contributed by atoms with Crippen molar-refractivity contribution in [1.29, 1.82) is 0 Å². The molecule has 3 rings (SSSR count). The van der Waals surface area contributed by atoms with Gasteiger partial charge in [-0.1, -0.05) is 6.07 Å². The van der Waals surface area contributed by atoms with Crippen LogP contribution in [0, 0.1) is 0 Å². The largest absolute Gasteiger partial charge is 0.493 e. The normalized spacial score (nSPS) is 13.4. The predicted octanol–water partition coefficient (Wildman–Crippen LogP) is 3.07. The first kappa shape index (κ1) is 17.2. The number of aryl methyl sites for hydroxylation is 1. The number of hydrogen-bond donors (Lipinski definition) is 1. The van der Waals surface area contributed by atoms with Crippen LogP contribution in [0.2, 0.25) is 0 Å². The molecule has 25 heavy (non-hydrogen) atoms. The van der Waals surface area contributed by atoms with E-state index < -0.39 is 0 Å². The van der Waals surface area contributed by atoms with Gasteiger partial charge in [-0.25, -0.2) is 0 Å². The van der Waals surface area contributed by atoms with Gasteiger partial charge in [-0.15, -0.1) is 0 Å². The fourth-order valence-corrected chi connectivity index (χ4v) is 2.90. The zero-order valence-electron chi connectivity index (χ0n) is 14.7. The van der Waals surface area contributed by atoms with E-state index in [4.69, 9.17) is 29.4 Å². The van der Waals surface area contributed by atoms with Crippen LogP contribution in [-0.4, -0.2) is 28.1 Å². The van der Waals surface area contributed by atoms with Crippen molar-refractivity contribution < 1.29 is 23.7 Å². The van der Waals surface area contributed by atoms with Crippen LogP contribution in [0.1, 0.15) is 23.6 Å². The minimum Gasteiger partial charge on any atom is -0.493 e. The fraction of sp³-hybridized carbons (Fsp3) is 0.368. The summed E-state index contributed by atoms with van der Waals surface area (Å²) in [6.07, 6.45) is 1.60. The maximum atomic E-state index is 6.39. The highest BCUT2D eigenvalue weighted by atomic mass is 16.7. The Morgan fingerprint density at radius 3 is 2.28 bits per heavy atom. The van der Waals surface area contributed by atoms with E-state index in [9.17, 15) is 0 Å². The van der Waals surface area contributed by atoms with E-state index in [1.165, 1.54) is 0 Å². The average molecular weight is 345 g/mol. The standard InChI is InChI=1S/C19H23NO5/c1-21-17-9-13(10-18(22-2)19(17)23-3)14(20)6-4-12-5-7-15-16(8-12)25-11-24-15/h5,7-10,14H,4,6,11,20H2,1-3H3/t14-/m0/s1. The van der Waals surface area contributed by atoms with Gasteiger partial charge >= 0.3 is 0 Å². The van der Waals surface area contributed by atoms with Gasteiger partial charge in [-0.3, -0.25) is 0 Å². The summed E-state index contributed by atoms with van der Waals surface area (Å²) >= 11 is 0. The summed E-state index contributed by atoms with van der Waals surface area (Å²) in [4.78, 5) is 0. The van der Waals surface area contributed by atoms with Crippen molar-refractivity contribution in [2.45, 2.75) is 18.9 Å². The molecule has 0 amide bonds. The highest BCUT2D eigenvalue weighted by Gasteiger charge is 2.17. The monoisotopic (exact) mass is 345 g/mol. The predicted molar refractivity (Wildman–Crippen MR) is 93.9 cm³/mol. The zero-order valence-corrected chi connectivity index (χ0v) is 14.7. The van der Waals surface area contributed by atoms with Gasteiger partial charge in [0.2, 0.25) is 12.5 Å². The van der Waals surface area contributed by atoms with E-state index in [0.29, 0.717) is 17.2 Å². The van der Waals surface area contributed by atoms with Gasteiger partial charge in [0, 0.05) is 6.04 Å². The maximum Gasteiger partial charge on any atom is 0.231 e. The minimum absolute atomic E-state index is 0.154. The molecule has 6 heteroatoms. The van der Waals surface area contributed by atoms with Crippen LogP contribution < -0.4 is 29.4 Å². The van der Waals surface area contributed by atoms with Gasteiger partial charge in [-0.05, 0) is 48.2 Å². The smallest absolute Gasteiger partial charge is 0.231 e. The van der Waals surface area contributed by atoms with Gasteiger partial charge in [0.1, 0.15) is 0 Å². The van der Waals surface area contributed by atoms with Crippen molar-refractivity contribution in [3.05, 3.63) is 41.5 Å². The minimum atomic E-state index is -0.154. The molecule has 0 spiro atoms. The number of ether oxygens (including phenoxy) is 5. The van der Waals surface area contributed by atoms with Gasteiger partial charge in [0.25, 0.3) is 0 Å². The van der Waals surface area contributed by atoms with Crippen molar-refractivity contribution in [1.82, 2.24) is 0 Å². The van der Waals surface area contributed by atoms with Crippen LogP contribution in [0.5, 0.6) is 28.7 Å². The van der Waals surface area contributed by atoms with Gasteiger partial charge in [0.15, 0.2) is 23.0 Å². The number of hydrogen-bond acceptors (Lipinski definition) is 6. The summed E-state index contributed by atoms with van der Waals surface area (Å²) in [6, 6.07) is 9.61. The molecule has 0 saturated heterocycles. The van der Waals surface area contributed by atoms with E-state index in [2.05, 4.69) is 0 Å². The highest BCUT2D eigenvalue weighted by molar-refractivity contribution is 5.54. The molecule has 1 atom stereocenters. The molecule has 1 aliphatic rings. The van der Waals surface area contributed by atoms with E-state index in [1.54, 1.807) is 21.3 Å². The van der Waals surface area contributed by atoms with Crippen molar-refractivity contribution in [3.63, 3.8) is 0 Å². The van der Waals surface area contributed by atoms with Crippen molar-refractivity contribution in [2.24, 2.45) is 5.73 Å². The second kappa shape index (κ2) is 7.53. The third-order valence-electron chi connectivity index (χ3n) is 4.30. The molecule has 2 aromatic carbocycles. The molecular formula is C19H23NO5. The molecule has 0 saturated carbocycles. The number of rotatable bonds is 7. The summed E-state index contributed by atoms with van der Waals surface area (Å²) in [5.41, 5.74) is 8.49. The third-order valence-corrected chi connectivity index (χ3v) is 4.30. The van der Waals surface area contributed by atoms with Gasteiger partial charge < -0.3 is 29.4 Å². The second-order valence-corrected chi connectivity index (χ2v) is 5.79. The Hall–Kier alpha value is -2.60. The Morgan fingerprint density at radius 2 is 1.64 bits per heavy atom. The highest BCUT2D eigenvalue weighted by Crippen LogP contribution is 2.40. The van der Waals surface area contributed by atoms with Crippen LogP contribution in [0.4, 0.5) is 0 Å². The topological polar surface area (TPSA) is 72.2 Å². The zero-order chi connectivity index (χ0) is 17.8. The molecule has 1 heterocycles. The molecular weight excluding hydrogens is 322 g/mol. The van der Waals surface area contributed by atoms with Gasteiger partial charge in [0.05, 0.1) is 21.3 Å². The molecule has 0 radical (unpaired) electrons. The van der Waals surface area contributed by atoms with Gasteiger partial charge in [-0.2, -0.15) is 0 Å². The summed E-state index contributed by atoms with van der Waals surface area (Å²) in [5.74, 6) is 3.36. The Bertz CT molecular complexity index is 722. The Morgan fingerprint density at radius 1 is 0.960 bits per heavy atom. The fourth-order valence-electron chi connectivity index (χ4n) is 2.90. The second-order valence-electron chi connectivity index (χ2n) is 5.79. The Balaban J connectivity index is 1.73. The van der Waals surface area contributed by atoms with E-state index in [1.807, 2.05) is 30.3 Å². The number of benzene rings is 2. The SMILES string of the molecule is COc1cc([C@@H](N)CCc2ccc3c(c2)OCO3)cc(OC)c1OC.